The molecule has 3 aromatic heterocycles. The van der Waals surface area contributed by atoms with Crippen LogP contribution >= 0.6 is 11.8 Å². The van der Waals surface area contributed by atoms with Crippen LogP contribution in [0.2, 0.25) is 0 Å². The minimum absolute atomic E-state index is 0.205. The number of hydrogen-bond acceptors (Lipinski definition) is 7. The molecule has 2 N–H and O–H groups in total. The van der Waals surface area contributed by atoms with Crippen LogP contribution in [0.3, 0.4) is 0 Å². The van der Waals surface area contributed by atoms with Gasteiger partial charge in [0.2, 0.25) is 0 Å². The third kappa shape index (κ3) is 4.10. The molecule has 0 saturated heterocycles. The Balaban J connectivity index is 1.75. The lowest BCUT2D eigenvalue weighted by atomic mass is 10.3. The molecular formula is C17H21N7OS. The van der Waals surface area contributed by atoms with Crippen LogP contribution in [0.25, 0.3) is 11.0 Å². The zero-order valence-corrected chi connectivity index (χ0v) is 15.7. The van der Waals surface area contributed by atoms with Gasteiger partial charge in [-0.1, -0.05) is 17.8 Å². The van der Waals surface area contributed by atoms with E-state index in [1.54, 1.807) is 35.3 Å². The number of carbonyl (C=O) groups excluding carboxylic acids is 1. The van der Waals surface area contributed by atoms with Crippen molar-refractivity contribution in [2.45, 2.75) is 31.6 Å². The van der Waals surface area contributed by atoms with E-state index in [9.17, 15) is 4.79 Å². The van der Waals surface area contributed by atoms with Crippen molar-refractivity contribution in [1.29, 1.82) is 0 Å². The first-order valence-corrected chi connectivity index (χ1v) is 9.54. The van der Waals surface area contributed by atoms with Gasteiger partial charge in [0.25, 0.3) is 5.91 Å². The Labute approximate surface area is 155 Å². The number of anilines is 1. The average Bonchev–Trinajstić information content (AvgIpc) is 3.05. The van der Waals surface area contributed by atoms with Crippen molar-refractivity contribution in [3.05, 3.63) is 36.3 Å². The number of nitrogens with one attached hydrogen (secondary N) is 2. The lowest BCUT2D eigenvalue weighted by Crippen LogP contribution is -2.28. The van der Waals surface area contributed by atoms with Gasteiger partial charge in [-0.2, -0.15) is 5.10 Å². The van der Waals surface area contributed by atoms with Crippen LogP contribution in [-0.4, -0.2) is 49.5 Å². The number of nitrogens with zero attached hydrogens (tertiary/aromatic N) is 5. The van der Waals surface area contributed by atoms with Crippen LogP contribution in [0, 0.1) is 0 Å². The Kier molecular flexibility index (Phi) is 5.67. The second-order valence-electron chi connectivity index (χ2n) is 5.93. The average molecular weight is 371 g/mol. The highest BCUT2D eigenvalue weighted by molar-refractivity contribution is 7.98. The molecule has 136 valence electrons. The first-order chi connectivity index (χ1) is 12.6. The highest BCUT2D eigenvalue weighted by Crippen LogP contribution is 2.23. The molecule has 9 heteroatoms. The van der Waals surface area contributed by atoms with Crippen LogP contribution in [0.15, 0.2) is 35.7 Å². The van der Waals surface area contributed by atoms with Crippen molar-refractivity contribution in [2.24, 2.45) is 0 Å². The van der Waals surface area contributed by atoms with Crippen LogP contribution in [-0.2, 0) is 6.54 Å². The van der Waals surface area contributed by atoms with E-state index in [0.29, 0.717) is 23.9 Å². The van der Waals surface area contributed by atoms with Gasteiger partial charge in [0.1, 0.15) is 11.5 Å². The smallest absolute Gasteiger partial charge is 0.269 e. The zero-order valence-electron chi connectivity index (χ0n) is 14.9. The van der Waals surface area contributed by atoms with E-state index < -0.39 is 0 Å². The molecule has 0 radical (unpaired) electrons. The van der Waals surface area contributed by atoms with Gasteiger partial charge < -0.3 is 10.6 Å². The largest absolute Gasteiger partial charge is 0.367 e. The van der Waals surface area contributed by atoms with Gasteiger partial charge in [0, 0.05) is 18.8 Å². The Hall–Kier alpha value is -2.68. The lowest BCUT2D eigenvalue weighted by molar-refractivity contribution is 0.0947. The molecule has 0 aliphatic carbocycles. The van der Waals surface area contributed by atoms with Crippen molar-refractivity contribution in [2.75, 3.05) is 18.1 Å². The summed E-state index contributed by atoms with van der Waals surface area (Å²) in [6.07, 6.45) is 5.29. The predicted molar refractivity (Wildman–Crippen MR) is 102 cm³/mol. The highest BCUT2D eigenvalue weighted by Gasteiger charge is 2.14. The monoisotopic (exact) mass is 371 g/mol. The molecule has 0 aliphatic heterocycles. The maximum atomic E-state index is 12.1. The molecule has 8 nitrogen and oxygen atoms in total. The van der Waals surface area contributed by atoms with Crippen LogP contribution < -0.4 is 10.6 Å². The van der Waals surface area contributed by atoms with Crippen molar-refractivity contribution in [1.82, 2.24) is 30.0 Å². The van der Waals surface area contributed by atoms with Crippen molar-refractivity contribution < 1.29 is 4.79 Å². The molecule has 0 aromatic carbocycles. The Morgan fingerprint density at radius 3 is 2.85 bits per heavy atom. The molecule has 0 unspecified atom stereocenters. The zero-order chi connectivity index (χ0) is 18.5. The summed E-state index contributed by atoms with van der Waals surface area (Å²) in [6.45, 7) is 5.06. The summed E-state index contributed by atoms with van der Waals surface area (Å²) in [7, 11) is 0. The third-order valence-corrected chi connectivity index (χ3v) is 4.14. The van der Waals surface area contributed by atoms with Gasteiger partial charge >= 0.3 is 0 Å². The number of hydrogen-bond donors (Lipinski definition) is 2. The minimum atomic E-state index is -0.205. The number of fused-ring (bicyclic) bond motifs is 1. The van der Waals surface area contributed by atoms with Crippen LogP contribution in [0.4, 0.5) is 5.82 Å². The van der Waals surface area contributed by atoms with Gasteiger partial charge in [-0.05, 0) is 32.2 Å². The van der Waals surface area contributed by atoms with Gasteiger partial charge in [0.05, 0.1) is 18.1 Å². The van der Waals surface area contributed by atoms with Gasteiger partial charge in [0.15, 0.2) is 10.8 Å². The van der Waals surface area contributed by atoms with Crippen LogP contribution in [0.1, 0.15) is 24.3 Å². The summed E-state index contributed by atoms with van der Waals surface area (Å²) in [4.78, 5) is 25.2. The molecule has 26 heavy (non-hydrogen) atoms. The van der Waals surface area contributed by atoms with Crippen molar-refractivity contribution in [3.63, 3.8) is 0 Å². The van der Waals surface area contributed by atoms with E-state index >= 15 is 0 Å². The summed E-state index contributed by atoms with van der Waals surface area (Å²) >= 11 is 1.48. The van der Waals surface area contributed by atoms with E-state index in [-0.39, 0.29) is 11.9 Å². The number of aromatic nitrogens is 5. The summed E-state index contributed by atoms with van der Waals surface area (Å²) in [5.74, 6) is 0.571. The summed E-state index contributed by atoms with van der Waals surface area (Å²) < 4.78 is 1.78. The van der Waals surface area contributed by atoms with E-state index in [4.69, 9.17) is 0 Å². The quantitative estimate of drug-likeness (QED) is 0.485. The van der Waals surface area contributed by atoms with Gasteiger partial charge in [-0.15, -0.1) is 0 Å². The Bertz CT molecular complexity index is 895. The standard InChI is InChI=1S/C17H21N7OS/c1-11(2)21-14-12-10-20-24(15(12)23-17(22-14)26-3)9-8-19-16(25)13-6-4-5-7-18-13/h4-7,10-11H,8-9H2,1-3H3,(H,19,25)(H,21,22,23). The van der Waals surface area contributed by atoms with Crippen molar-refractivity contribution >= 4 is 34.5 Å². The second kappa shape index (κ2) is 8.13. The fraction of sp³-hybridized carbons (Fsp3) is 0.353. The first kappa shape index (κ1) is 18.1. The van der Waals surface area contributed by atoms with E-state index in [2.05, 4.69) is 44.5 Å². The number of amides is 1. The number of carbonyl (C=O) groups is 1. The second-order valence-corrected chi connectivity index (χ2v) is 6.71. The molecule has 0 saturated carbocycles. The number of rotatable bonds is 7. The maximum absolute atomic E-state index is 12.1. The molecule has 0 spiro atoms. The summed E-state index contributed by atoms with van der Waals surface area (Å²) in [6, 6.07) is 5.50. The van der Waals surface area contributed by atoms with E-state index in [1.807, 2.05) is 6.26 Å². The number of pyridine rings is 1. The van der Waals surface area contributed by atoms with E-state index in [0.717, 1.165) is 16.9 Å². The predicted octanol–water partition coefficient (Wildman–Crippen LogP) is 2.19. The minimum Gasteiger partial charge on any atom is -0.367 e. The molecule has 3 aromatic rings. The molecule has 0 atom stereocenters. The molecule has 0 fully saturated rings. The normalized spacial score (nSPS) is 11.1. The maximum Gasteiger partial charge on any atom is 0.269 e. The van der Waals surface area contributed by atoms with E-state index in [1.165, 1.54) is 11.8 Å². The third-order valence-electron chi connectivity index (χ3n) is 3.59. The lowest BCUT2D eigenvalue weighted by Gasteiger charge is -2.11. The molecule has 1 amide bonds. The highest BCUT2D eigenvalue weighted by atomic mass is 32.2. The summed E-state index contributed by atoms with van der Waals surface area (Å²) in [5, 5.41) is 12.1. The summed E-state index contributed by atoms with van der Waals surface area (Å²) in [5.41, 5.74) is 1.15. The first-order valence-electron chi connectivity index (χ1n) is 8.32. The van der Waals surface area contributed by atoms with Gasteiger partial charge in [-0.25, -0.2) is 14.6 Å². The Morgan fingerprint density at radius 2 is 2.15 bits per heavy atom. The molecule has 3 rings (SSSR count). The molecular weight excluding hydrogens is 350 g/mol. The molecule has 3 heterocycles. The fourth-order valence-corrected chi connectivity index (χ4v) is 2.80. The Morgan fingerprint density at radius 1 is 1.31 bits per heavy atom. The van der Waals surface area contributed by atoms with Gasteiger partial charge in [-0.3, -0.25) is 9.78 Å². The topological polar surface area (TPSA) is 97.6 Å². The molecule has 0 bridgehead atoms. The molecule has 0 aliphatic rings. The van der Waals surface area contributed by atoms with Crippen molar-refractivity contribution in [3.8, 4) is 0 Å². The fourth-order valence-electron chi connectivity index (χ4n) is 2.44. The SMILES string of the molecule is CSc1nc(NC(C)C)c2cnn(CCNC(=O)c3ccccn3)c2n1. The number of thioether (sulfide) groups is 1. The van der Waals surface area contributed by atoms with Crippen LogP contribution in [0.5, 0.6) is 0 Å².